The SMILES string of the molecule is CN[C@@H]1CCN(c2cc(C3CCN(C(=O)OCc4ccc(C#N)cc4)CC3)nc(N)n2)C1. The topological polar surface area (TPSA) is 120 Å². The number of ether oxygens (including phenoxy) is 1. The molecule has 0 unspecified atom stereocenters. The molecule has 4 rings (SSSR count). The molecule has 3 heterocycles. The molecule has 32 heavy (non-hydrogen) atoms. The molecule has 1 aromatic heterocycles. The van der Waals surface area contributed by atoms with Crippen molar-refractivity contribution in [1.82, 2.24) is 20.2 Å². The van der Waals surface area contributed by atoms with Crippen LogP contribution in [0.1, 0.15) is 42.0 Å². The Labute approximate surface area is 188 Å². The van der Waals surface area contributed by atoms with E-state index in [1.54, 1.807) is 29.2 Å². The van der Waals surface area contributed by atoms with Crippen LogP contribution in [-0.4, -0.2) is 60.2 Å². The molecule has 0 radical (unpaired) electrons. The number of piperidine rings is 1. The minimum Gasteiger partial charge on any atom is -0.445 e. The molecular weight excluding hydrogens is 406 g/mol. The third kappa shape index (κ3) is 5.08. The van der Waals surface area contributed by atoms with Gasteiger partial charge in [-0.05, 0) is 44.0 Å². The number of hydrogen-bond donors (Lipinski definition) is 2. The van der Waals surface area contributed by atoms with E-state index in [0.717, 1.165) is 49.4 Å². The molecule has 2 aromatic rings. The lowest BCUT2D eigenvalue weighted by Gasteiger charge is -2.31. The number of nitrogens with one attached hydrogen (secondary N) is 1. The summed E-state index contributed by atoms with van der Waals surface area (Å²) in [4.78, 5) is 25.4. The van der Waals surface area contributed by atoms with Crippen LogP contribution in [0.15, 0.2) is 30.3 Å². The minimum atomic E-state index is -0.314. The molecule has 168 valence electrons. The van der Waals surface area contributed by atoms with Crippen molar-refractivity contribution in [2.75, 3.05) is 43.9 Å². The van der Waals surface area contributed by atoms with Crippen LogP contribution in [0.3, 0.4) is 0 Å². The van der Waals surface area contributed by atoms with Crippen LogP contribution in [-0.2, 0) is 11.3 Å². The molecule has 0 spiro atoms. The number of likely N-dealkylation sites (tertiary alicyclic amines) is 1. The van der Waals surface area contributed by atoms with Gasteiger partial charge in [-0.25, -0.2) is 9.78 Å². The number of nitrogen functional groups attached to an aromatic ring is 1. The highest BCUT2D eigenvalue weighted by atomic mass is 16.6. The van der Waals surface area contributed by atoms with Crippen molar-refractivity contribution < 1.29 is 9.53 Å². The van der Waals surface area contributed by atoms with Gasteiger partial charge in [0.05, 0.1) is 17.3 Å². The van der Waals surface area contributed by atoms with Gasteiger partial charge in [0.2, 0.25) is 5.95 Å². The average molecular weight is 436 g/mol. The summed E-state index contributed by atoms with van der Waals surface area (Å²) in [6, 6.07) is 11.6. The second-order valence-electron chi connectivity index (χ2n) is 8.35. The van der Waals surface area contributed by atoms with Crippen LogP contribution in [0.2, 0.25) is 0 Å². The van der Waals surface area contributed by atoms with Crippen molar-refractivity contribution in [2.45, 2.75) is 37.8 Å². The third-order valence-corrected chi connectivity index (χ3v) is 6.29. The van der Waals surface area contributed by atoms with Crippen LogP contribution in [0.5, 0.6) is 0 Å². The number of likely N-dealkylation sites (N-methyl/N-ethyl adjacent to an activating group) is 1. The second-order valence-corrected chi connectivity index (χ2v) is 8.35. The van der Waals surface area contributed by atoms with Crippen molar-refractivity contribution in [3.63, 3.8) is 0 Å². The normalized spacial score (nSPS) is 19.1. The quantitative estimate of drug-likeness (QED) is 0.734. The molecule has 1 atom stereocenters. The zero-order valence-electron chi connectivity index (χ0n) is 18.3. The van der Waals surface area contributed by atoms with Gasteiger partial charge in [0, 0.05) is 44.2 Å². The number of benzene rings is 1. The Bertz CT molecular complexity index is 981. The molecule has 9 nitrogen and oxygen atoms in total. The number of aromatic nitrogens is 2. The molecule has 0 bridgehead atoms. The first-order valence-corrected chi connectivity index (χ1v) is 11.0. The predicted octanol–water partition coefficient (Wildman–Crippen LogP) is 2.24. The number of carbonyl (C=O) groups excluding carboxylic acids is 1. The standard InChI is InChI=1S/C23H29N7O2/c1-26-19-8-11-30(14-19)21-12-20(27-22(25)28-21)18-6-9-29(10-7-18)23(31)32-15-17-4-2-16(13-24)3-5-17/h2-5,12,18-19,26H,6-11,14-15H2,1H3,(H2,25,27,28)/t19-/m1/s1. The Morgan fingerprint density at radius 3 is 2.62 bits per heavy atom. The lowest BCUT2D eigenvalue weighted by atomic mass is 9.93. The summed E-state index contributed by atoms with van der Waals surface area (Å²) < 4.78 is 5.45. The van der Waals surface area contributed by atoms with E-state index >= 15 is 0 Å². The first kappa shape index (κ1) is 21.8. The van der Waals surface area contributed by atoms with Crippen LogP contribution in [0.4, 0.5) is 16.6 Å². The Kier molecular flexibility index (Phi) is 6.71. The van der Waals surface area contributed by atoms with Gasteiger partial charge in [-0.3, -0.25) is 0 Å². The first-order chi connectivity index (χ1) is 15.6. The number of amides is 1. The molecule has 2 fully saturated rings. The maximum Gasteiger partial charge on any atom is 0.410 e. The molecule has 0 aliphatic carbocycles. The lowest BCUT2D eigenvalue weighted by Crippen LogP contribution is -2.38. The predicted molar refractivity (Wildman–Crippen MR) is 121 cm³/mol. The molecule has 3 N–H and O–H groups in total. The molecule has 2 aliphatic heterocycles. The fraction of sp³-hybridized carbons (Fsp3) is 0.478. The number of nitriles is 1. The number of rotatable bonds is 5. The van der Waals surface area contributed by atoms with E-state index in [0.29, 0.717) is 30.6 Å². The Morgan fingerprint density at radius 2 is 1.97 bits per heavy atom. The molecular formula is C23H29N7O2. The van der Waals surface area contributed by atoms with Crippen molar-refractivity contribution in [3.05, 3.63) is 47.2 Å². The van der Waals surface area contributed by atoms with Gasteiger partial charge in [-0.15, -0.1) is 0 Å². The molecule has 1 amide bonds. The summed E-state index contributed by atoms with van der Waals surface area (Å²) in [7, 11) is 1.98. The number of nitrogens with zero attached hydrogens (tertiary/aromatic N) is 5. The summed E-state index contributed by atoms with van der Waals surface area (Å²) in [6.45, 7) is 3.28. The number of anilines is 2. The van der Waals surface area contributed by atoms with E-state index in [9.17, 15) is 4.79 Å². The van der Waals surface area contributed by atoms with Gasteiger partial charge < -0.3 is 25.6 Å². The highest BCUT2D eigenvalue weighted by Gasteiger charge is 2.28. The summed E-state index contributed by atoms with van der Waals surface area (Å²) in [5, 5.41) is 12.2. The lowest BCUT2D eigenvalue weighted by molar-refractivity contribution is 0.0868. The van der Waals surface area contributed by atoms with E-state index in [1.165, 1.54) is 0 Å². The van der Waals surface area contributed by atoms with Crippen LogP contribution in [0, 0.1) is 11.3 Å². The van der Waals surface area contributed by atoms with Crippen molar-refractivity contribution in [1.29, 1.82) is 5.26 Å². The summed E-state index contributed by atoms with van der Waals surface area (Å²) in [5.74, 6) is 1.42. The highest BCUT2D eigenvalue weighted by Crippen LogP contribution is 2.30. The summed E-state index contributed by atoms with van der Waals surface area (Å²) >= 11 is 0. The maximum absolute atomic E-state index is 12.5. The Balaban J connectivity index is 1.31. The summed E-state index contributed by atoms with van der Waals surface area (Å²) in [6.07, 6.45) is 2.38. The molecule has 0 saturated carbocycles. The Morgan fingerprint density at radius 1 is 1.22 bits per heavy atom. The van der Waals surface area contributed by atoms with Crippen LogP contribution in [0.25, 0.3) is 0 Å². The third-order valence-electron chi connectivity index (χ3n) is 6.29. The zero-order valence-corrected chi connectivity index (χ0v) is 18.3. The van der Waals surface area contributed by atoms with E-state index in [4.69, 9.17) is 15.7 Å². The number of carbonyl (C=O) groups is 1. The monoisotopic (exact) mass is 435 g/mol. The molecule has 1 aromatic carbocycles. The number of nitrogens with two attached hydrogens (primary N) is 1. The second kappa shape index (κ2) is 9.83. The number of hydrogen-bond acceptors (Lipinski definition) is 8. The maximum atomic E-state index is 12.5. The van der Waals surface area contributed by atoms with Gasteiger partial charge in [0.1, 0.15) is 12.4 Å². The minimum absolute atomic E-state index is 0.194. The van der Waals surface area contributed by atoms with Gasteiger partial charge >= 0.3 is 6.09 Å². The van der Waals surface area contributed by atoms with E-state index in [1.807, 2.05) is 7.05 Å². The van der Waals surface area contributed by atoms with Gasteiger partial charge in [0.15, 0.2) is 0 Å². The fourth-order valence-corrected chi connectivity index (χ4v) is 4.32. The van der Waals surface area contributed by atoms with E-state index < -0.39 is 0 Å². The molecule has 2 aliphatic rings. The van der Waals surface area contributed by atoms with E-state index in [-0.39, 0.29) is 18.6 Å². The smallest absolute Gasteiger partial charge is 0.410 e. The van der Waals surface area contributed by atoms with Crippen molar-refractivity contribution >= 4 is 17.9 Å². The fourth-order valence-electron chi connectivity index (χ4n) is 4.32. The largest absolute Gasteiger partial charge is 0.445 e. The first-order valence-electron chi connectivity index (χ1n) is 11.0. The average Bonchev–Trinajstić information content (AvgIpc) is 3.32. The summed E-state index contributed by atoms with van der Waals surface area (Å²) in [5.41, 5.74) is 8.42. The zero-order chi connectivity index (χ0) is 22.5. The van der Waals surface area contributed by atoms with Crippen LogP contribution < -0.4 is 16.0 Å². The van der Waals surface area contributed by atoms with Crippen LogP contribution >= 0.6 is 0 Å². The van der Waals surface area contributed by atoms with Crippen molar-refractivity contribution in [3.8, 4) is 6.07 Å². The molecule has 9 heteroatoms. The Hall–Kier alpha value is -3.38. The molecule has 2 saturated heterocycles. The van der Waals surface area contributed by atoms with Gasteiger partial charge in [0.25, 0.3) is 0 Å². The van der Waals surface area contributed by atoms with Gasteiger partial charge in [-0.1, -0.05) is 12.1 Å². The van der Waals surface area contributed by atoms with E-state index in [2.05, 4.69) is 32.3 Å². The van der Waals surface area contributed by atoms with Crippen molar-refractivity contribution in [2.24, 2.45) is 0 Å². The van der Waals surface area contributed by atoms with Gasteiger partial charge in [-0.2, -0.15) is 10.2 Å². The highest BCUT2D eigenvalue weighted by molar-refractivity contribution is 5.67.